The molecule has 21 heavy (non-hydrogen) atoms. The molecule has 2 nitrogen and oxygen atoms in total. The second-order valence-corrected chi connectivity index (χ2v) is 4.22. The number of nitrogens with one attached hydrogen (secondary N) is 1. The van der Waals surface area contributed by atoms with E-state index in [1.165, 1.54) is 12.1 Å². The average Bonchev–Trinajstić information content (AvgIpc) is 2.46. The first kappa shape index (κ1) is 14.5. The predicted molar refractivity (Wildman–Crippen MR) is 73.8 cm³/mol. The first-order valence-corrected chi connectivity index (χ1v) is 5.89. The molecule has 0 spiro atoms. The van der Waals surface area contributed by atoms with Crippen molar-refractivity contribution in [3.63, 3.8) is 0 Å². The van der Waals surface area contributed by atoms with Crippen LogP contribution in [0.25, 0.3) is 0 Å². The van der Waals surface area contributed by atoms with E-state index in [9.17, 15) is 13.2 Å². The van der Waals surface area contributed by atoms with Gasteiger partial charge < -0.3 is 5.32 Å². The summed E-state index contributed by atoms with van der Waals surface area (Å²) in [7, 11) is 0. The fourth-order valence-electron chi connectivity index (χ4n) is 1.81. The van der Waals surface area contributed by atoms with Gasteiger partial charge in [-0.2, -0.15) is 18.4 Å². The third-order valence-corrected chi connectivity index (χ3v) is 2.76. The number of terminal acetylenes is 1. The molecule has 0 bridgehead atoms. The maximum absolute atomic E-state index is 12.9. The largest absolute Gasteiger partial charge is 0.417 e. The van der Waals surface area contributed by atoms with Gasteiger partial charge in [-0.05, 0) is 36.4 Å². The highest BCUT2D eigenvalue weighted by molar-refractivity contribution is 5.64. The Morgan fingerprint density at radius 2 is 1.76 bits per heavy atom. The van der Waals surface area contributed by atoms with Gasteiger partial charge in [0.25, 0.3) is 0 Å². The molecule has 2 rings (SSSR count). The fraction of sp³-hybridized carbons (Fsp3) is 0.0625. The van der Waals surface area contributed by atoms with Gasteiger partial charge in [0, 0.05) is 16.9 Å². The number of hydrogen-bond donors (Lipinski definition) is 1. The average molecular weight is 286 g/mol. The molecule has 1 N–H and O–H groups in total. The highest BCUT2D eigenvalue weighted by Crippen LogP contribution is 2.34. The number of nitrogens with zero attached hydrogens (tertiary/aromatic N) is 1. The van der Waals surface area contributed by atoms with E-state index in [1.807, 2.05) is 0 Å². The summed E-state index contributed by atoms with van der Waals surface area (Å²) < 4.78 is 38.6. The Morgan fingerprint density at radius 3 is 2.38 bits per heavy atom. The summed E-state index contributed by atoms with van der Waals surface area (Å²) in [5.41, 5.74) is 0.0389. The zero-order valence-electron chi connectivity index (χ0n) is 10.7. The van der Waals surface area contributed by atoms with Crippen LogP contribution in [0.4, 0.5) is 24.5 Å². The second-order valence-electron chi connectivity index (χ2n) is 4.22. The Morgan fingerprint density at radius 1 is 1.05 bits per heavy atom. The molecule has 0 unspecified atom stereocenters. The van der Waals surface area contributed by atoms with Crippen molar-refractivity contribution >= 4 is 11.4 Å². The van der Waals surface area contributed by atoms with Gasteiger partial charge in [-0.25, -0.2) is 0 Å². The first-order valence-electron chi connectivity index (χ1n) is 5.89. The van der Waals surface area contributed by atoms with E-state index < -0.39 is 17.3 Å². The smallest absolute Gasteiger partial charge is 0.355 e. The molecule has 0 saturated carbocycles. The van der Waals surface area contributed by atoms with Crippen molar-refractivity contribution < 1.29 is 13.2 Å². The van der Waals surface area contributed by atoms with Gasteiger partial charge in [0.15, 0.2) is 0 Å². The fourth-order valence-corrected chi connectivity index (χ4v) is 1.81. The standard InChI is InChI=1S/C16H9F3N2/c1-2-11-4-3-5-13(8-11)21-14-7-6-12(10-20)15(9-14)16(17,18)19/h1,3-9,21H. The molecule has 0 aliphatic carbocycles. The summed E-state index contributed by atoms with van der Waals surface area (Å²) >= 11 is 0. The van der Waals surface area contributed by atoms with E-state index in [0.29, 0.717) is 11.3 Å². The SMILES string of the molecule is C#Cc1cccc(Nc2ccc(C#N)c(C(F)(F)F)c2)c1. The molecule has 0 aliphatic rings. The van der Waals surface area contributed by atoms with Gasteiger partial charge in [0.1, 0.15) is 0 Å². The Balaban J connectivity index is 2.38. The lowest BCUT2D eigenvalue weighted by Crippen LogP contribution is -2.08. The molecular formula is C16H9F3N2. The summed E-state index contributed by atoms with van der Waals surface area (Å²) in [4.78, 5) is 0. The van der Waals surface area contributed by atoms with Crippen LogP contribution in [0.3, 0.4) is 0 Å². The molecule has 0 fully saturated rings. The summed E-state index contributed by atoms with van der Waals surface area (Å²) in [6.07, 6.45) is 0.689. The highest BCUT2D eigenvalue weighted by Gasteiger charge is 2.33. The number of benzene rings is 2. The summed E-state index contributed by atoms with van der Waals surface area (Å²) in [6.45, 7) is 0. The zero-order valence-corrected chi connectivity index (χ0v) is 10.7. The Labute approximate surface area is 119 Å². The molecular weight excluding hydrogens is 277 g/mol. The number of halogens is 3. The quantitative estimate of drug-likeness (QED) is 0.835. The molecule has 0 aromatic heterocycles. The van der Waals surface area contributed by atoms with Crippen molar-refractivity contribution in [2.75, 3.05) is 5.32 Å². The van der Waals surface area contributed by atoms with Gasteiger partial charge >= 0.3 is 6.18 Å². The first-order chi connectivity index (χ1) is 9.94. The topological polar surface area (TPSA) is 35.8 Å². The van der Waals surface area contributed by atoms with Gasteiger partial charge in [-0.3, -0.25) is 0 Å². The van der Waals surface area contributed by atoms with Gasteiger partial charge in [0.2, 0.25) is 0 Å². The van der Waals surface area contributed by atoms with E-state index >= 15 is 0 Å². The minimum absolute atomic E-state index is 0.232. The van der Waals surface area contributed by atoms with Gasteiger partial charge in [-0.1, -0.05) is 12.0 Å². The normalized spacial score (nSPS) is 10.5. The molecule has 2 aromatic carbocycles. The van der Waals surface area contributed by atoms with Crippen LogP contribution in [0.2, 0.25) is 0 Å². The molecule has 0 amide bonds. The van der Waals surface area contributed by atoms with Gasteiger partial charge in [-0.15, -0.1) is 6.42 Å². The molecule has 0 heterocycles. The van der Waals surface area contributed by atoms with E-state index in [2.05, 4.69) is 11.2 Å². The Bertz CT molecular complexity index is 749. The minimum atomic E-state index is -4.58. The summed E-state index contributed by atoms with van der Waals surface area (Å²) in [5.74, 6) is 2.44. The molecule has 5 heteroatoms. The summed E-state index contributed by atoms with van der Waals surface area (Å²) in [6, 6.07) is 11.7. The van der Waals surface area contributed by atoms with Crippen LogP contribution in [0.15, 0.2) is 42.5 Å². The number of hydrogen-bond acceptors (Lipinski definition) is 2. The lowest BCUT2D eigenvalue weighted by Gasteiger charge is -2.12. The third kappa shape index (κ3) is 3.34. The molecule has 2 aromatic rings. The lowest BCUT2D eigenvalue weighted by atomic mass is 10.1. The van der Waals surface area contributed by atoms with Crippen LogP contribution < -0.4 is 5.32 Å². The second kappa shape index (κ2) is 5.60. The molecule has 0 saturated heterocycles. The van der Waals surface area contributed by atoms with E-state index in [4.69, 9.17) is 11.7 Å². The van der Waals surface area contributed by atoms with Crippen LogP contribution in [0, 0.1) is 23.7 Å². The monoisotopic (exact) mass is 286 g/mol. The van der Waals surface area contributed by atoms with Crippen molar-refractivity contribution in [1.82, 2.24) is 0 Å². The van der Waals surface area contributed by atoms with Crippen molar-refractivity contribution in [2.45, 2.75) is 6.18 Å². The van der Waals surface area contributed by atoms with Crippen LogP contribution in [0.5, 0.6) is 0 Å². The van der Waals surface area contributed by atoms with Crippen molar-refractivity contribution in [3.8, 4) is 18.4 Å². The zero-order chi connectivity index (χ0) is 15.5. The molecule has 0 atom stereocenters. The lowest BCUT2D eigenvalue weighted by molar-refractivity contribution is -0.137. The number of rotatable bonds is 2. The van der Waals surface area contributed by atoms with E-state index in [0.717, 1.165) is 12.1 Å². The van der Waals surface area contributed by atoms with Crippen LogP contribution in [-0.4, -0.2) is 0 Å². The van der Waals surface area contributed by atoms with Gasteiger partial charge in [0.05, 0.1) is 17.2 Å². The molecule has 0 aliphatic heterocycles. The molecule has 0 radical (unpaired) electrons. The molecule has 104 valence electrons. The number of nitriles is 1. The van der Waals surface area contributed by atoms with Crippen molar-refractivity contribution in [1.29, 1.82) is 5.26 Å². The van der Waals surface area contributed by atoms with E-state index in [1.54, 1.807) is 24.3 Å². The highest BCUT2D eigenvalue weighted by atomic mass is 19.4. The van der Waals surface area contributed by atoms with Crippen LogP contribution in [-0.2, 0) is 6.18 Å². The number of anilines is 2. The van der Waals surface area contributed by atoms with Crippen molar-refractivity contribution in [3.05, 3.63) is 59.2 Å². The number of alkyl halides is 3. The Kier molecular flexibility index (Phi) is 3.86. The predicted octanol–water partition coefficient (Wildman–Crippen LogP) is 4.30. The van der Waals surface area contributed by atoms with Crippen LogP contribution in [0.1, 0.15) is 16.7 Å². The summed E-state index contributed by atoms with van der Waals surface area (Å²) in [5, 5.41) is 11.6. The maximum Gasteiger partial charge on any atom is 0.417 e. The van der Waals surface area contributed by atoms with E-state index in [-0.39, 0.29) is 5.69 Å². The van der Waals surface area contributed by atoms with Crippen molar-refractivity contribution in [2.24, 2.45) is 0 Å². The Hall–Kier alpha value is -2.92. The minimum Gasteiger partial charge on any atom is -0.355 e. The van der Waals surface area contributed by atoms with Crippen LogP contribution >= 0.6 is 0 Å². The maximum atomic E-state index is 12.9. The third-order valence-electron chi connectivity index (χ3n) is 2.76.